The largest absolute Gasteiger partial charge is 0.494 e. The van der Waals surface area contributed by atoms with Crippen molar-refractivity contribution in [2.45, 2.75) is 26.2 Å². The second-order valence-corrected chi connectivity index (χ2v) is 4.56. The van der Waals surface area contributed by atoms with E-state index in [4.69, 9.17) is 4.74 Å². The Balaban J connectivity index is 2.03. The number of halogens is 1. The van der Waals surface area contributed by atoms with E-state index in [1.807, 2.05) is 30.3 Å². The van der Waals surface area contributed by atoms with Crippen LogP contribution in [0.3, 0.4) is 0 Å². The molecule has 1 nitrogen and oxygen atoms in total. The minimum absolute atomic E-state index is 0.779. The first-order valence-corrected chi connectivity index (χ1v) is 6.69. The average Bonchev–Trinajstić information content (AvgIpc) is 2.29. The van der Waals surface area contributed by atoms with E-state index in [2.05, 4.69) is 22.9 Å². The predicted molar refractivity (Wildman–Crippen MR) is 68.7 cm³/mol. The first-order valence-electron chi connectivity index (χ1n) is 5.56. The lowest BCUT2D eigenvalue weighted by atomic mass is 10.1. The zero-order chi connectivity index (χ0) is 10.9. The van der Waals surface area contributed by atoms with Crippen LogP contribution in [0.4, 0.5) is 0 Å². The molecule has 0 aliphatic rings. The SMILES string of the molecule is CC(CBr)CCCCOc1ccccc1. The van der Waals surface area contributed by atoms with Gasteiger partial charge in [0.05, 0.1) is 6.61 Å². The van der Waals surface area contributed by atoms with E-state index < -0.39 is 0 Å². The smallest absolute Gasteiger partial charge is 0.119 e. The Morgan fingerprint density at radius 3 is 2.60 bits per heavy atom. The molecular weight excluding hydrogens is 252 g/mol. The fourth-order valence-corrected chi connectivity index (χ4v) is 1.70. The molecule has 1 rings (SSSR count). The summed E-state index contributed by atoms with van der Waals surface area (Å²) in [4.78, 5) is 0. The lowest BCUT2D eigenvalue weighted by Crippen LogP contribution is -2.00. The number of ether oxygens (including phenoxy) is 1. The predicted octanol–water partition coefficient (Wildman–Crippen LogP) is 4.27. The lowest BCUT2D eigenvalue weighted by Gasteiger charge is -2.08. The van der Waals surface area contributed by atoms with Crippen LogP contribution in [0.15, 0.2) is 30.3 Å². The molecular formula is C13H19BrO. The van der Waals surface area contributed by atoms with Crippen molar-refractivity contribution in [1.29, 1.82) is 0 Å². The first kappa shape index (κ1) is 12.6. The number of benzene rings is 1. The molecule has 0 radical (unpaired) electrons. The van der Waals surface area contributed by atoms with Crippen LogP contribution in [-0.2, 0) is 0 Å². The maximum Gasteiger partial charge on any atom is 0.119 e. The summed E-state index contributed by atoms with van der Waals surface area (Å²) in [6.07, 6.45) is 3.68. The Bertz CT molecular complexity index is 248. The van der Waals surface area contributed by atoms with Gasteiger partial charge in [-0.05, 0) is 37.3 Å². The number of alkyl halides is 1. The Morgan fingerprint density at radius 2 is 1.93 bits per heavy atom. The van der Waals surface area contributed by atoms with Crippen molar-refractivity contribution in [1.82, 2.24) is 0 Å². The third-order valence-electron chi connectivity index (χ3n) is 2.37. The molecule has 1 unspecified atom stereocenters. The molecule has 2 heteroatoms. The van der Waals surface area contributed by atoms with Gasteiger partial charge in [0.15, 0.2) is 0 Å². The van der Waals surface area contributed by atoms with Crippen LogP contribution in [0, 0.1) is 5.92 Å². The van der Waals surface area contributed by atoms with Gasteiger partial charge in [0.25, 0.3) is 0 Å². The van der Waals surface area contributed by atoms with Crippen LogP contribution in [-0.4, -0.2) is 11.9 Å². The summed E-state index contributed by atoms with van der Waals surface area (Å²) >= 11 is 3.49. The summed E-state index contributed by atoms with van der Waals surface area (Å²) in [5.41, 5.74) is 0. The third-order valence-corrected chi connectivity index (χ3v) is 3.47. The molecule has 0 aliphatic carbocycles. The number of hydrogen-bond donors (Lipinski definition) is 0. The second-order valence-electron chi connectivity index (χ2n) is 3.92. The molecule has 1 aromatic rings. The molecule has 84 valence electrons. The van der Waals surface area contributed by atoms with Crippen LogP contribution < -0.4 is 4.74 Å². The van der Waals surface area contributed by atoms with Gasteiger partial charge in [-0.3, -0.25) is 0 Å². The zero-order valence-electron chi connectivity index (χ0n) is 9.29. The van der Waals surface area contributed by atoms with E-state index in [0.717, 1.165) is 30.0 Å². The standard InChI is InChI=1S/C13H19BrO/c1-12(11-14)7-5-6-10-15-13-8-3-2-4-9-13/h2-4,8-9,12H,5-7,10-11H2,1H3. The Hall–Kier alpha value is -0.500. The summed E-state index contributed by atoms with van der Waals surface area (Å²) in [6, 6.07) is 10.0. The highest BCUT2D eigenvalue weighted by molar-refractivity contribution is 9.09. The van der Waals surface area contributed by atoms with Crippen LogP contribution in [0.1, 0.15) is 26.2 Å². The molecule has 0 heterocycles. The van der Waals surface area contributed by atoms with E-state index in [9.17, 15) is 0 Å². The van der Waals surface area contributed by atoms with Gasteiger partial charge in [-0.15, -0.1) is 0 Å². The minimum atomic E-state index is 0.779. The van der Waals surface area contributed by atoms with Crippen LogP contribution in [0.5, 0.6) is 5.75 Å². The van der Waals surface area contributed by atoms with Crippen molar-refractivity contribution in [3.05, 3.63) is 30.3 Å². The summed E-state index contributed by atoms with van der Waals surface area (Å²) in [5, 5.41) is 1.10. The highest BCUT2D eigenvalue weighted by atomic mass is 79.9. The third kappa shape index (κ3) is 5.83. The fourth-order valence-electron chi connectivity index (χ4n) is 1.38. The summed E-state index contributed by atoms with van der Waals surface area (Å²) in [7, 11) is 0. The summed E-state index contributed by atoms with van der Waals surface area (Å²) in [6.45, 7) is 3.10. The Labute approximate surface area is 101 Å². The van der Waals surface area contributed by atoms with E-state index in [-0.39, 0.29) is 0 Å². The number of para-hydroxylation sites is 1. The van der Waals surface area contributed by atoms with E-state index in [0.29, 0.717) is 0 Å². The number of rotatable bonds is 7. The Kier molecular flexibility index (Phi) is 6.49. The molecule has 0 spiro atoms. The molecule has 0 bridgehead atoms. The molecule has 0 saturated carbocycles. The van der Waals surface area contributed by atoms with Crippen molar-refractivity contribution in [3.63, 3.8) is 0 Å². The molecule has 1 aromatic carbocycles. The fraction of sp³-hybridized carbons (Fsp3) is 0.538. The Morgan fingerprint density at radius 1 is 1.20 bits per heavy atom. The molecule has 0 aromatic heterocycles. The van der Waals surface area contributed by atoms with Crippen LogP contribution >= 0.6 is 15.9 Å². The van der Waals surface area contributed by atoms with Gasteiger partial charge in [-0.1, -0.05) is 41.1 Å². The maximum atomic E-state index is 5.61. The second kappa shape index (κ2) is 7.75. The molecule has 0 N–H and O–H groups in total. The van der Waals surface area contributed by atoms with Crippen molar-refractivity contribution in [3.8, 4) is 5.75 Å². The first-order chi connectivity index (χ1) is 7.33. The van der Waals surface area contributed by atoms with Crippen LogP contribution in [0.2, 0.25) is 0 Å². The topological polar surface area (TPSA) is 9.23 Å². The van der Waals surface area contributed by atoms with E-state index in [1.54, 1.807) is 0 Å². The lowest BCUT2D eigenvalue weighted by molar-refractivity contribution is 0.302. The van der Waals surface area contributed by atoms with Gasteiger partial charge < -0.3 is 4.74 Å². The van der Waals surface area contributed by atoms with Crippen molar-refractivity contribution < 1.29 is 4.74 Å². The minimum Gasteiger partial charge on any atom is -0.494 e. The molecule has 0 fully saturated rings. The van der Waals surface area contributed by atoms with Gasteiger partial charge in [0.1, 0.15) is 5.75 Å². The van der Waals surface area contributed by atoms with Gasteiger partial charge in [-0.2, -0.15) is 0 Å². The summed E-state index contributed by atoms with van der Waals surface area (Å²) < 4.78 is 5.61. The molecule has 1 atom stereocenters. The zero-order valence-corrected chi connectivity index (χ0v) is 10.9. The van der Waals surface area contributed by atoms with Gasteiger partial charge in [-0.25, -0.2) is 0 Å². The normalized spacial score (nSPS) is 12.4. The van der Waals surface area contributed by atoms with Gasteiger partial charge >= 0.3 is 0 Å². The van der Waals surface area contributed by atoms with E-state index in [1.165, 1.54) is 12.8 Å². The highest BCUT2D eigenvalue weighted by Gasteiger charge is 1.99. The van der Waals surface area contributed by atoms with Crippen molar-refractivity contribution in [2.24, 2.45) is 5.92 Å². The van der Waals surface area contributed by atoms with Gasteiger partial charge in [0.2, 0.25) is 0 Å². The number of unbranched alkanes of at least 4 members (excludes halogenated alkanes) is 1. The monoisotopic (exact) mass is 270 g/mol. The molecule has 0 amide bonds. The van der Waals surface area contributed by atoms with Crippen LogP contribution in [0.25, 0.3) is 0 Å². The quantitative estimate of drug-likeness (QED) is 0.531. The average molecular weight is 271 g/mol. The molecule has 0 saturated heterocycles. The summed E-state index contributed by atoms with van der Waals surface area (Å²) in [5.74, 6) is 1.76. The maximum absolute atomic E-state index is 5.61. The molecule has 15 heavy (non-hydrogen) atoms. The van der Waals surface area contributed by atoms with E-state index >= 15 is 0 Å². The number of hydrogen-bond acceptors (Lipinski definition) is 1. The highest BCUT2D eigenvalue weighted by Crippen LogP contribution is 2.12. The molecule has 0 aliphatic heterocycles. The van der Waals surface area contributed by atoms with Crippen molar-refractivity contribution >= 4 is 15.9 Å². The van der Waals surface area contributed by atoms with Crippen molar-refractivity contribution in [2.75, 3.05) is 11.9 Å². The van der Waals surface area contributed by atoms with Gasteiger partial charge in [0, 0.05) is 5.33 Å².